The van der Waals surface area contributed by atoms with Gasteiger partial charge in [-0.1, -0.05) is 174 Å². The third kappa shape index (κ3) is 25.4. The van der Waals surface area contributed by atoms with Gasteiger partial charge >= 0.3 is 0 Å². The lowest BCUT2D eigenvalue weighted by Crippen LogP contribution is -2.60. The van der Waals surface area contributed by atoms with Crippen LogP contribution in [0, 0.1) is 0 Å². The van der Waals surface area contributed by atoms with E-state index in [4.69, 9.17) is 9.47 Å². The van der Waals surface area contributed by atoms with Crippen LogP contribution >= 0.6 is 0 Å². The number of ether oxygens (including phenoxy) is 2. The molecule has 332 valence electrons. The van der Waals surface area contributed by atoms with Crippen LogP contribution in [0.5, 0.6) is 0 Å². The van der Waals surface area contributed by atoms with Gasteiger partial charge in [0, 0.05) is 0 Å². The van der Waals surface area contributed by atoms with Crippen LogP contribution in [0.1, 0.15) is 200 Å². The van der Waals surface area contributed by atoms with E-state index in [2.05, 4.69) is 31.3 Å². The van der Waals surface area contributed by atoms with Gasteiger partial charge in [-0.2, -0.15) is 0 Å². The number of nitrogens with one attached hydrogen (secondary N) is 1. The second-order valence-corrected chi connectivity index (χ2v) is 16.5. The minimum atomic E-state index is -1.66. The molecule has 11 heteroatoms. The molecule has 1 saturated heterocycles. The summed E-state index contributed by atoms with van der Waals surface area (Å²) in [4.78, 5) is 13.0. The van der Waals surface area contributed by atoms with Crippen molar-refractivity contribution in [3.8, 4) is 0 Å². The molecular weight excluding hydrogens is 714 g/mol. The van der Waals surface area contributed by atoms with Crippen molar-refractivity contribution >= 4 is 5.91 Å². The number of rotatable bonds is 38. The summed E-state index contributed by atoms with van der Waals surface area (Å²) in [6.07, 6.45) is 25.9. The molecule has 56 heavy (non-hydrogen) atoms. The van der Waals surface area contributed by atoms with Crippen LogP contribution in [-0.2, 0) is 14.3 Å². The van der Waals surface area contributed by atoms with E-state index in [-0.39, 0.29) is 6.42 Å². The fraction of sp³-hybridized carbons (Fsp3) is 0.933. The minimum absolute atomic E-state index is 0.255. The molecule has 1 aliphatic heterocycles. The smallest absolute Gasteiger partial charge is 0.249 e. The van der Waals surface area contributed by atoms with E-state index in [0.29, 0.717) is 19.3 Å². The summed E-state index contributed by atoms with van der Waals surface area (Å²) in [5.41, 5.74) is 0. The highest BCUT2D eigenvalue weighted by molar-refractivity contribution is 5.80. The summed E-state index contributed by atoms with van der Waals surface area (Å²) in [6.45, 7) is 3.38. The molecule has 0 radical (unpaired) electrons. The van der Waals surface area contributed by atoms with Gasteiger partial charge < -0.3 is 50.5 Å². The SMILES string of the molecule is CCCCCCCCCCCCCC/C=C\CCCCCCCCC(O)C(=O)NC(COC1OC(CO)C(O)C(O)C1O)C(O)C(O)CCCCCCCCC. The molecule has 1 amide bonds. The van der Waals surface area contributed by atoms with Gasteiger partial charge in [-0.25, -0.2) is 0 Å². The molecule has 1 fully saturated rings. The first-order valence-corrected chi connectivity index (χ1v) is 23.1. The van der Waals surface area contributed by atoms with E-state index in [1.165, 1.54) is 103 Å². The zero-order chi connectivity index (χ0) is 41.2. The maximum atomic E-state index is 13.0. The van der Waals surface area contributed by atoms with Crippen molar-refractivity contribution in [1.82, 2.24) is 5.32 Å². The Morgan fingerprint density at radius 2 is 1.04 bits per heavy atom. The number of carbonyl (C=O) groups is 1. The third-order valence-electron chi connectivity index (χ3n) is 11.3. The van der Waals surface area contributed by atoms with E-state index in [1.807, 2.05) is 0 Å². The molecule has 11 nitrogen and oxygen atoms in total. The first-order valence-electron chi connectivity index (χ1n) is 23.1. The Kier molecular flexibility index (Phi) is 33.8. The van der Waals surface area contributed by atoms with E-state index in [0.717, 1.165) is 57.8 Å². The average Bonchev–Trinajstić information content (AvgIpc) is 3.20. The van der Waals surface area contributed by atoms with Crippen molar-refractivity contribution in [3.05, 3.63) is 12.2 Å². The highest BCUT2D eigenvalue weighted by Crippen LogP contribution is 2.23. The van der Waals surface area contributed by atoms with Gasteiger partial charge in [-0.05, 0) is 38.5 Å². The average molecular weight is 802 g/mol. The Morgan fingerprint density at radius 3 is 1.50 bits per heavy atom. The Morgan fingerprint density at radius 1 is 0.607 bits per heavy atom. The first kappa shape index (κ1) is 52.9. The number of aliphatic hydroxyl groups is 7. The normalized spacial score (nSPS) is 22.3. The molecule has 1 rings (SSSR count). The van der Waals surface area contributed by atoms with Crippen LogP contribution in [0.2, 0.25) is 0 Å². The largest absolute Gasteiger partial charge is 0.394 e. The van der Waals surface area contributed by atoms with E-state index in [1.54, 1.807) is 0 Å². The van der Waals surface area contributed by atoms with Crippen molar-refractivity contribution < 1.29 is 50.0 Å². The summed E-state index contributed by atoms with van der Waals surface area (Å²) >= 11 is 0. The quantitative estimate of drug-likeness (QED) is 0.0233. The van der Waals surface area contributed by atoms with Gasteiger partial charge in [0.1, 0.15) is 36.6 Å². The van der Waals surface area contributed by atoms with Gasteiger partial charge in [-0.15, -0.1) is 0 Å². The molecule has 0 spiro atoms. The van der Waals surface area contributed by atoms with Crippen molar-refractivity contribution in [2.24, 2.45) is 0 Å². The van der Waals surface area contributed by atoms with Crippen molar-refractivity contribution in [3.63, 3.8) is 0 Å². The number of hydrogen-bond donors (Lipinski definition) is 8. The molecule has 9 atom stereocenters. The second kappa shape index (κ2) is 35.8. The summed E-state index contributed by atoms with van der Waals surface area (Å²) in [7, 11) is 0. The van der Waals surface area contributed by atoms with Crippen molar-refractivity contribution in [2.45, 2.75) is 255 Å². The first-order chi connectivity index (χ1) is 27.2. The molecule has 0 aromatic carbocycles. The van der Waals surface area contributed by atoms with Gasteiger partial charge in [0.25, 0.3) is 0 Å². The Bertz CT molecular complexity index is 923. The van der Waals surface area contributed by atoms with Crippen LogP contribution < -0.4 is 5.32 Å². The Balaban J connectivity index is 2.33. The third-order valence-corrected chi connectivity index (χ3v) is 11.3. The molecule has 0 aliphatic carbocycles. The molecule has 1 heterocycles. The van der Waals surface area contributed by atoms with Gasteiger partial charge in [-0.3, -0.25) is 4.79 Å². The zero-order valence-corrected chi connectivity index (χ0v) is 35.6. The molecule has 0 aromatic rings. The number of hydrogen-bond acceptors (Lipinski definition) is 10. The monoisotopic (exact) mass is 802 g/mol. The van der Waals surface area contributed by atoms with Gasteiger partial charge in [0.2, 0.25) is 5.91 Å². The molecule has 9 unspecified atom stereocenters. The molecular formula is C45H87NO10. The topological polar surface area (TPSA) is 189 Å². The number of carbonyl (C=O) groups excluding carboxylic acids is 1. The van der Waals surface area contributed by atoms with Crippen molar-refractivity contribution in [2.75, 3.05) is 13.2 Å². The lowest BCUT2D eigenvalue weighted by atomic mass is 9.98. The highest BCUT2D eigenvalue weighted by Gasteiger charge is 2.44. The van der Waals surface area contributed by atoms with Crippen LogP contribution in [0.3, 0.4) is 0 Å². The summed E-state index contributed by atoms with van der Waals surface area (Å²) in [5.74, 6) is -0.704. The zero-order valence-electron chi connectivity index (χ0n) is 35.6. The van der Waals surface area contributed by atoms with Gasteiger partial charge in [0.05, 0.1) is 25.4 Å². The lowest BCUT2D eigenvalue weighted by molar-refractivity contribution is -0.303. The number of allylic oxidation sites excluding steroid dienone is 2. The molecule has 0 aromatic heterocycles. The fourth-order valence-corrected chi connectivity index (χ4v) is 7.43. The second-order valence-electron chi connectivity index (χ2n) is 16.5. The standard InChI is InChI=1S/C45H87NO10/c1-3-5-7-9-11-12-13-14-15-16-17-18-19-20-21-22-23-24-25-27-29-31-33-38(49)44(54)46-36(40(50)37(48)32-30-28-26-10-8-6-4-2)35-55-45-43(53)42(52)41(51)39(34-47)56-45/h20-21,36-43,45,47-53H,3-19,22-35H2,1-2H3,(H,46,54)/b21-20-. The van der Waals surface area contributed by atoms with Crippen LogP contribution in [-0.4, -0.2) is 110 Å². The van der Waals surface area contributed by atoms with E-state index < -0.39 is 74.2 Å². The predicted molar refractivity (Wildman–Crippen MR) is 224 cm³/mol. The number of aliphatic hydroxyl groups excluding tert-OH is 7. The van der Waals surface area contributed by atoms with Crippen molar-refractivity contribution in [1.29, 1.82) is 0 Å². The molecule has 1 aliphatic rings. The summed E-state index contributed by atoms with van der Waals surface area (Å²) in [6, 6.07) is -1.16. The fourth-order valence-electron chi connectivity index (χ4n) is 7.43. The van der Waals surface area contributed by atoms with Crippen LogP contribution in [0.25, 0.3) is 0 Å². The minimum Gasteiger partial charge on any atom is -0.394 e. The summed E-state index contributed by atoms with van der Waals surface area (Å²) in [5, 5.41) is 75.2. The van der Waals surface area contributed by atoms with E-state index in [9.17, 15) is 40.5 Å². The maximum absolute atomic E-state index is 13.0. The van der Waals surface area contributed by atoms with E-state index >= 15 is 0 Å². The Hall–Kier alpha value is -1.15. The predicted octanol–water partition coefficient (Wildman–Crippen LogP) is 7.28. The number of unbranched alkanes of at least 4 members (excludes halogenated alkanes) is 24. The highest BCUT2D eigenvalue weighted by atomic mass is 16.7. The molecule has 0 bridgehead atoms. The molecule has 8 N–H and O–H groups in total. The van der Waals surface area contributed by atoms with Gasteiger partial charge in [0.15, 0.2) is 6.29 Å². The lowest BCUT2D eigenvalue weighted by Gasteiger charge is -2.40. The summed E-state index contributed by atoms with van der Waals surface area (Å²) < 4.78 is 11.0. The van der Waals surface area contributed by atoms with Crippen LogP contribution in [0.15, 0.2) is 12.2 Å². The van der Waals surface area contributed by atoms with Crippen LogP contribution in [0.4, 0.5) is 0 Å². The Labute approximate surface area is 341 Å². The maximum Gasteiger partial charge on any atom is 0.249 e. The number of amides is 1. The molecule has 0 saturated carbocycles.